The summed E-state index contributed by atoms with van der Waals surface area (Å²) in [6.07, 6.45) is 0.772. The molecule has 2 aromatic rings. The van der Waals surface area contributed by atoms with Crippen molar-refractivity contribution in [1.29, 1.82) is 0 Å². The van der Waals surface area contributed by atoms with Gasteiger partial charge in [-0.2, -0.15) is 0 Å². The summed E-state index contributed by atoms with van der Waals surface area (Å²) >= 11 is 0. The number of aliphatic hydroxyl groups is 1. The van der Waals surface area contributed by atoms with Gasteiger partial charge in [-0.3, -0.25) is 4.79 Å². The van der Waals surface area contributed by atoms with Crippen LogP contribution in [0.5, 0.6) is 0 Å². The molecule has 0 bridgehead atoms. The van der Waals surface area contributed by atoms with E-state index in [1.54, 1.807) is 18.2 Å². The number of rotatable bonds is 6. The second kappa shape index (κ2) is 8.89. The van der Waals surface area contributed by atoms with Crippen molar-refractivity contribution in [2.75, 3.05) is 0 Å². The fraction of sp³-hybridized carbons (Fsp3) is 0.364. The zero-order valence-electron chi connectivity index (χ0n) is 16.2. The van der Waals surface area contributed by atoms with Crippen LogP contribution < -0.4 is 16.0 Å². The van der Waals surface area contributed by atoms with Crippen molar-refractivity contribution in [1.82, 2.24) is 16.0 Å². The van der Waals surface area contributed by atoms with Gasteiger partial charge in [0, 0.05) is 24.6 Å². The highest BCUT2D eigenvalue weighted by Gasteiger charge is 2.31. The van der Waals surface area contributed by atoms with Crippen LogP contribution in [0.1, 0.15) is 53.4 Å². The molecule has 28 heavy (non-hydrogen) atoms. The van der Waals surface area contributed by atoms with Crippen LogP contribution in [-0.2, 0) is 13.0 Å². The van der Waals surface area contributed by atoms with E-state index in [1.165, 1.54) is 0 Å². The Balaban J connectivity index is 1.57. The Morgan fingerprint density at radius 1 is 1.18 bits per heavy atom. The van der Waals surface area contributed by atoms with Crippen LogP contribution in [0.4, 0.5) is 4.79 Å². The highest BCUT2D eigenvalue weighted by Crippen LogP contribution is 2.31. The summed E-state index contributed by atoms with van der Waals surface area (Å²) in [5.74, 6) is -0.119. The van der Waals surface area contributed by atoms with Gasteiger partial charge in [-0.05, 0) is 42.2 Å². The number of amides is 3. The molecule has 6 nitrogen and oxygen atoms in total. The Bertz CT molecular complexity index is 852. The molecule has 3 atom stereocenters. The number of carbonyl (C=O) groups excluding carboxylic acids is 2. The molecular weight excluding hydrogens is 354 g/mol. The molecule has 6 heteroatoms. The number of hydrogen-bond acceptors (Lipinski definition) is 3. The maximum Gasteiger partial charge on any atom is 0.315 e. The molecule has 0 saturated carbocycles. The Morgan fingerprint density at radius 2 is 1.96 bits per heavy atom. The molecule has 0 radical (unpaired) electrons. The van der Waals surface area contributed by atoms with Crippen LogP contribution in [0.3, 0.4) is 0 Å². The number of urea groups is 1. The van der Waals surface area contributed by atoms with Gasteiger partial charge in [0.1, 0.15) is 0 Å². The van der Waals surface area contributed by atoms with Crippen molar-refractivity contribution in [3.05, 3.63) is 70.8 Å². The quantitative estimate of drug-likeness (QED) is 0.620. The fourth-order valence-corrected chi connectivity index (χ4v) is 3.35. The molecule has 1 aliphatic carbocycles. The molecule has 0 aliphatic heterocycles. The van der Waals surface area contributed by atoms with Crippen LogP contribution in [-0.4, -0.2) is 29.2 Å². The van der Waals surface area contributed by atoms with Gasteiger partial charge in [-0.25, -0.2) is 4.79 Å². The lowest BCUT2D eigenvalue weighted by Crippen LogP contribution is -2.40. The zero-order valence-corrected chi connectivity index (χ0v) is 16.2. The van der Waals surface area contributed by atoms with Gasteiger partial charge in [0.2, 0.25) is 0 Å². The number of carbonyl (C=O) groups is 2. The first-order valence-corrected chi connectivity index (χ1v) is 9.68. The third kappa shape index (κ3) is 4.70. The molecule has 0 heterocycles. The molecule has 0 saturated heterocycles. The van der Waals surface area contributed by atoms with Gasteiger partial charge >= 0.3 is 6.03 Å². The van der Waals surface area contributed by atoms with Gasteiger partial charge in [0.15, 0.2) is 0 Å². The summed E-state index contributed by atoms with van der Waals surface area (Å²) in [5.41, 5.74) is 3.41. The Hall–Kier alpha value is -2.86. The van der Waals surface area contributed by atoms with Crippen LogP contribution in [0.2, 0.25) is 0 Å². The minimum Gasteiger partial charge on any atom is -0.390 e. The SMILES string of the molecule is CCC(C)NC(=O)c1cccc(CNC(=O)N[C@@H]2c3ccccc3C[C@@H]2O)c1. The molecular formula is C22H27N3O3. The molecule has 2 aromatic carbocycles. The van der Waals surface area contributed by atoms with Gasteiger partial charge in [-0.15, -0.1) is 0 Å². The Kier molecular flexibility index (Phi) is 6.31. The Labute approximate surface area is 165 Å². The van der Waals surface area contributed by atoms with Crippen LogP contribution >= 0.6 is 0 Å². The van der Waals surface area contributed by atoms with E-state index in [0.29, 0.717) is 18.5 Å². The first kappa shape index (κ1) is 19.9. The standard InChI is InChI=1S/C22H27N3O3/c1-3-14(2)24-21(27)17-9-6-7-15(11-17)13-23-22(28)25-20-18-10-5-4-8-16(18)12-19(20)26/h4-11,14,19-20,26H,3,12-13H2,1-2H3,(H,24,27)(H2,23,25,28)/t14?,19-,20+/m0/s1. The van der Waals surface area contributed by atoms with E-state index in [1.807, 2.05) is 44.2 Å². The number of hydrogen-bond donors (Lipinski definition) is 4. The average molecular weight is 381 g/mol. The Morgan fingerprint density at radius 3 is 2.75 bits per heavy atom. The zero-order chi connectivity index (χ0) is 20.1. The molecule has 4 N–H and O–H groups in total. The topological polar surface area (TPSA) is 90.5 Å². The van der Waals surface area contributed by atoms with Gasteiger partial charge < -0.3 is 21.1 Å². The van der Waals surface area contributed by atoms with E-state index in [2.05, 4.69) is 16.0 Å². The van der Waals surface area contributed by atoms with E-state index in [9.17, 15) is 14.7 Å². The summed E-state index contributed by atoms with van der Waals surface area (Å²) in [5, 5.41) is 18.8. The molecule has 1 aliphatic rings. The van der Waals surface area contributed by atoms with E-state index in [-0.39, 0.29) is 18.0 Å². The summed E-state index contributed by atoms with van der Waals surface area (Å²) < 4.78 is 0. The molecule has 0 aromatic heterocycles. The molecule has 0 fully saturated rings. The highest BCUT2D eigenvalue weighted by atomic mass is 16.3. The number of nitrogens with one attached hydrogen (secondary N) is 3. The fourth-order valence-electron chi connectivity index (χ4n) is 3.35. The van der Waals surface area contributed by atoms with E-state index in [0.717, 1.165) is 23.1 Å². The lowest BCUT2D eigenvalue weighted by atomic mass is 10.1. The van der Waals surface area contributed by atoms with Crippen molar-refractivity contribution >= 4 is 11.9 Å². The predicted octanol–water partition coefficient (Wildman–Crippen LogP) is 2.67. The summed E-state index contributed by atoms with van der Waals surface area (Å²) in [4.78, 5) is 24.6. The lowest BCUT2D eigenvalue weighted by molar-refractivity contribution is 0.0939. The highest BCUT2D eigenvalue weighted by molar-refractivity contribution is 5.94. The molecule has 1 unspecified atom stereocenters. The van der Waals surface area contributed by atoms with Crippen LogP contribution in [0.25, 0.3) is 0 Å². The summed E-state index contributed by atoms with van der Waals surface area (Å²) in [6, 6.07) is 14.3. The normalized spacial score (nSPS) is 18.8. The monoisotopic (exact) mass is 381 g/mol. The van der Waals surface area contributed by atoms with Gasteiger partial charge in [0.05, 0.1) is 12.1 Å². The van der Waals surface area contributed by atoms with Crippen LogP contribution in [0, 0.1) is 0 Å². The van der Waals surface area contributed by atoms with Crippen LogP contribution in [0.15, 0.2) is 48.5 Å². The second-order valence-electron chi connectivity index (χ2n) is 7.26. The summed E-state index contributed by atoms with van der Waals surface area (Å²) in [6.45, 7) is 4.27. The first-order valence-electron chi connectivity index (χ1n) is 9.68. The molecule has 3 rings (SSSR count). The van der Waals surface area contributed by atoms with E-state index < -0.39 is 12.1 Å². The smallest absolute Gasteiger partial charge is 0.315 e. The first-order chi connectivity index (χ1) is 13.5. The van der Waals surface area contributed by atoms with Gasteiger partial charge in [-0.1, -0.05) is 43.3 Å². The second-order valence-corrected chi connectivity index (χ2v) is 7.26. The number of benzene rings is 2. The third-order valence-corrected chi connectivity index (χ3v) is 5.12. The van der Waals surface area contributed by atoms with Gasteiger partial charge in [0.25, 0.3) is 5.91 Å². The van der Waals surface area contributed by atoms with Crippen molar-refractivity contribution in [2.45, 2.75) is 51.4 Å². The van der Waals surface area contributed by atoms with Crippen molar-refractivity contribution in [3.8, 4) is 0 Å². The third-order valence-electron chi connectivity index (χ3n) is 5.12. The minimum atomic E-state index is -0.629. The molecule has 3 amide bonds. The lowest BCUT2D eigenvalue weighted by Gasteiger charge is -2.18. The number of aliphatic hydroxyl groups excluding tert-OH is 1. The summed E-state index contributed by atoms with van der Waals surface area (Å²) in [7, 11) is 0. The largest absolute Gasteiger partial charge is 0.390 e. The maximum atomic E-state index is 12.3. The van der Waals surface area contributed by atoms with Crippen molar-refractivity contribution < 1.29 is 14.7 Å². The van der Waals surface area contributed by atoms with Crippen molar-refractivity contribution in [3.63, 3.8) is 0 Å². The predicted molar refractivity (Wildman–Crippen MR) is 108 cm³/mol. The van der Waals surface area contributed by atoms with E-state index in [4.69, 9.17) is 0 Å². The molecule has 0 spiro atoms. The number of fused-ring (bicyclic) bond motifs is 1. The average Bonchev–Trinajstić information content (AvgIpc) is 3.01. The van der Waals surface area contributed by atoms with E-state index >= 15 is 0 Å². The van der Waals surface area contributed by atoms with Crippen molar-refractivity contribution in [2.24, 2.45) is 0 Å². The molecule has 148 valence electrons. The minimum absolute atomic E-state index is 0.112. The maximum absolute atomic E-state index is 12.3.